The molecule has 1 atom stereocenters. The number of carbonyl (C=O) groups is 1. The fourth-order valence-corrected chi connectivity index (χ4v) is 3.93. The molecule has 5 heteroatoms. The molecule has 1 aromatic heterocycles. The van der Waals surface area contributed by atoms with Crippen LogP contribution in [0.15, 0.2) is 17.5 Å². The molecule has 0 aromatic carbocycles. The molecule has 1 amide bonds. The molecule has 1 saturated heterocycles. The summed E-state index contributed by atoms with van der Waals surface area (Å²) in [6.45, 7) is 7.91. The molecule has 0 saturated carbocycles. The van der Waals surface area contributed by atoms with Gasteiger partial charge in [0, 0.05) is 18.0 Å². The zero-order valence-corrected chi connectivity index (χ0v) is 13.9. The number of hydrogen-bond acceptors (Lipinski definition) is 4. The van der Waals surface area contributed by atoms with Gasteiger partial charge in [-0.1, -0.05) is 33.3 Å². The maximum atomic E-state index is 12.2. The molecule has 0 radical (unpaired) electrons. The molecule has 1 aromatic rings. The summed E-state index contributed by atoms with van der Waals surface area (Å²) < 4.78 is 0. The average Bonchev–Trinajstić information content (AvgIpc) is 2.87. The fourth-order valence-electron chi connectivity index (χ4n) is 2.98. The highest BCUT2D eigenvalue weighted by Gasteiger charge is 2.40. The number of hydrogen-bond donors (Lipinski definition) is 2. The Morgan fingerprint density at radius 2 is 2.24 bits per heavy atom. The standard InChI is InChI=1S/C16H26N2O2S/c1-4-7-16(20)10-18(11-16)9-14(19)17-15(12(2)3)13-6-5-8-21-13/h5-6,8,12,15,20H,4,7,9-11H2,1-3H3,(H,17,19). The van der Waals surface area contributed by atoms with E-state index in [4.69, 9.17) is 0 Å². The summed E-state index contributed by atoms with van der Waals surface area (Å²) in [6, 6.07) is 4.16. The number of β-amino-alcohol motifs (C(OH)–C–C–N with tert-alkyl or cyclic N) is 1. The van der Waals surface area contributed by atoms with E-state index in [1.165, 1.54) is 4.88 Å². The van der Waals surface area contributed by atoms with Gasteiger partial charge in [-0.25, -0.2) is 0 Å². The highest BCUT2D eigenvalue weighted by atomic mass is 32.1. The predicted molar refractivity (Wildman–Crippen MR) is 86.3 cm³/mol. The van der Waals surface area contributed by atoms with Crippen molar-refractivity contribution < 1.29 is 9.90 Å². The lowest BCUT2D eigenvalue weighted by Crippen LogP contribution is -2.63. The van der Waals surface area contributed by atoms with Crippen LogP contribution >= 0.6 is 11.3 Å². The second-order valence-electron chi connectivity index (χ2n) is 6.42. The minimum atomic E-state index is -0.569. The van der Waals surface area contributed by atoms with Crippen molar-refractivity contribution >= 4 is 17.2 Å². The molecule has 1 fully saturated rings. The van der Waals surface area contributed by atoms with Gasteiger partial charge in [0.25, 0.3) is 0 Å². The first kappa shape index (κ1) is 16.5. The quantitative estimate of drug-likeness (QED) is 0.813. The van der Waals surface area contributed by atoms with Crippen molar-refractivity contribution in [2.75, 3.05) is 19.6 Å². The van der Waals surface area contributed by atoms with E-state index in [1.807, 2.05) is 16.3 Å². The van der Waals surface area contributed by atoms with Gasteiger partial charge in [0.2, 0.25) is 5.91 Å². The van der Waals surface area contributed by atoms with Crippen LogP contribution in [0.3, 0.4) is 0 Å². The van der Waals surface area contributed by atoms with Gasteiger partial charge in [-0.2, -0.15) is 0 Å². The summed E-state index contributed by atoms with van der Waals surface area (Å²) in [7, 11) is 0. The lowest BCUT2D eigenvalue weighted by atomic mass is 9.89. The number of aliphatic hydroxyl groups is 1. The lowest BCUT2D eigenvalue weighted by molar-refractivity contribution is -0.134. The van der Waals surface area contributed by atoms with E-state index in [-0.39, 0.29) is 11.9 Å². The summed E-state index contributed by atoms with van der Waals surface area (Å²) >= 11 is 1.68. The van der Waals surface area contributed by atoms with E-state index >= 15 is 0 Å². The van der Waals surface area contributed by atoms with Gasteiger partial charge in [0.05, 0.1) is 18.2 Å². The predicted octanol–water partition coefficient (Wildman–Crippen LogP) is 2.41. The molecule has 118 valence electrons. The molecular formula is C16H26N2O2S. The number of nitrogens with one attached hydrogen (secondary N) is 1. The topological polar surface area (TPSA) is 52.6 Å². The second-order valence-corrected chi connectivity index (χ2v) is 7.40. The van der Waals surface area contributed by atoms with Crippen LogP contribution in [-0.4, -0.2) is 41.1 Å². The molecule has 21 heavy (non-hydrogen) atoms. The second kappa shape index (κ2) is 6.90. The van der Waals surface area contributed by atoms with Crippen molar-refractivity contribution in [2.45, 2.75) is 45.3 Å². The first-order valence-corrected chi connectivity index (χ1v) is 8.59. The molecule has 4 nitrogen and oxygen atoms in total. The van der Waals surface area contributed by atoms with Crippen molar-refractivity contribution in [1.29, 1.82) is 0 Å². The third-order valence-corrected chi connectivity index (χ3v) is 4.91. The Bertz CT molecular complexity index is 453. The Hall–Kier alpha value is -0.910. The van der Waals surface area contributed by atoms with Gasteiger partial charge in [-0.15, -0.1) is 11.3 Å². The maximum absolute atomic E-state index is 12.2. The molecule has 1 aliphatic heterocycles. The number of likely N-dealkylation sites (tertiary alicyclic amines) is 1. The lowest BCUT2D eigenvalue weighted by Gasteiger charge is -2.46. The minimum Gasteiger partial charge on any atom is -0.387 e. The Labute approximate surface area is 131 Å². The first-order valence-electron chi connectivity index (χ1n) is 7.71. The van der Waals surface area contributed by atoms with Crippen molar-refractivity contribution in [2.24, 2.45) is 5.92 Å². The summed E-state index contributed by atoms with van der Waals surface area (Å²) in [6.07, 6.45) is 1.79. The van der Waals surface area contributed by atoms with Crippen molar-refractivity contribution in [3.05, 3.63) is 22.4 Å². The number of amides is 1. The Balaban J connectivity index is 1.82. The Morgan fingerprint density at radius 3 is 2.76 bits per heavy atom. The van der Waals surface area contributed by atoms with E-state index in [0.717, 1.165) is 12.8 Å². The normalized spacial score (nSPS) is 19.3. The largest absolute Gasteiger partial charge is 0.387 e. The number of nitrogens with zero attached hydrogens (tertiary/aromatic N) is 1. The third kappa shape index (κ3) is 4.28. The molecule has 0 aliphatic carbocycles. The molecular weight excluding hydrogens is 284 g/mol. The summed E-state index contributed by atoms with van der Waals surface area (Å²) in [5.74, 6) is 0.404. The molecule has 1 unspecified atom stereocenters. The van der Waals surface area contributed by atoms with Gasteiger partial charge in [-0.3, -0.25) is 9.69 Å². The smallest absolute Gasteiger partial charge is 0.234 e. The number of carbonyl (C=O) groups excluding carboxylic acids is 1. The summed E-state index contributed by atoms with van der Waals surface area (Å²) in [5, 5.41) is 15.3. The molecule has 0 spiro atoms. The van der Waals surface area contributed by atoms with Crippen LogP contribution in [-0.2, 0) is 4.79 Å². The van der Waals surface area contributed by atoms with E-state index < -0.39 is 5.60 Å². The van der Waals surface area contributed by atoms with Crippen LogP contribution in [0.1, 0.15) is 44.5 Å². The molecule has 1 aliphatic rings. The van der Waals surface area contributed by atoms with Crippen LogP contribution in [0.2, 0.25) is 0 Å². The molecule has 2 heterocycles. The average molecular weight is 310 g/mol. The highest BCUT2D eigenvalue weighted by molar-refractivity contribution is 7.10. The summed E-state index contributed by atoms with van der Waals surface area (Å²) in [4.78, 5) is 15.4. The zero-order valence-electron chi connectivity index (χ0n) is 13.1. The molecule has 0 bridgehead atoms. The Morgan fingerprint density at radius 1 is 1.52 bits per heavy atom. The van der Waals surface area contributed by atoms with E-state index in [9.17, 15) is 9.90 Å². The fraction of sp³-hybridized carbons (Fsp3) is 0.688. The van der Waals surface area contributed by atoms with Crippen LogP contribution in [0, 0.1) is 5.92 Å². The van der Waals surface area contributed by atoms with Gasteiger partial charge >= 0.3 is 0 Å². The number of rotatable bonds is 7. The SMILES string of the molecule is CCCC1(O)CN(CC(=O)NC(c2cccs2)C(C)C)C1. The van der Waals surface area contributed by atoms with Crippen LogP contribution in [0.25, 0.3) is 0 Å². The monoisotopic (exact) mass is 310 g/mol. The van der Waals surface area contributed by atoms with Crippen LogP contribution < -0.4 is 5.32 Å². The van der Waals surface area contributed by atoms with Crippen molar-refractivity contribution in [3.8, 4) is 0 Å². The molecule has 2 N–H and O–H groups in total. The van der Waals surface area contributed by atoms with E-state index in [1.54, 1.807) is 11.3 Å². The van der Waals surface area contributed by atoms with Gasteiger partial charge < -0.3 is 10.4 Å². The van der Waals surface area contributed by atoms with Crippen molar-refractivity contribution in [3.63, 3.8) is 0 Å². The van der Waals surface area contributed by atoms with Crippen LogP contribution in [0.5, 0.6) is 0 Å². The zero-order chi connectivity index (χ0) is 15.5. The number of thiophene rings is 1. The third-order valence-electron chi connectivity index (χ3n) is 3.95. The van der Waals surface area contributed by atoms with E-state index in [0.29, 0.717) is 25.6 Å². The van der Waals surface area contributed by atoms with E-state index in [2.05, 4.69) is 32.2 Å². The van der Waals surface area contributed by atoms with Gasteiger partial charge in [0.15, 0.2) is 0 Å². The highest BCUT2D eigenvalue weighted by Crippen LogP contribution is 2.27. The van der Waals surface area contributed by atoms with Gasteiger partial charge in [0.1, 0.15) is 0 Å². The summed E-state index contributed by atoms with van der Waals surface area (Å²) in [5.41, 5.74) is -0.569. The van der Waals surface area contributed by atoms with Crippen molar-refractivity contribution in [1.82, 2.24) is 10.2 Å². The Kier molecular flexibility index (Phi) is 5.41. The first-order chi connectivity index (χ1) is 9.93. The minimum absolute atomic E-state index is 0.0423. The molecule has 2 rings (SSSR count). The van der Waals surface area contributed by atoms with Gasteiger partial charge in [-0.05, 0) is 23.8 Å². The maximum Gasteiger partial charge on any atom is 0.234 e. The van der Waals surface area contributed by atoms with Crippen LogP contribution in [0.4, 0.5) is 0 Å².